The van der Waals surface area contributed by atoms with Crippen molar-refractivity contribution in [2.24, 2.45) is 0 Å². The molecule has 0 aliphatic heterocycles. The molecule has 2 rings (SSSR count). The Morgan fingerprint density at radius 1 is 1.39 bits per heavy atom. The summed E-state index contributed by atoms with van der Waals surface area (Å²) in [6, 6.07) is 4.33. The van der Waals surface area contributed by atoms with Gasteiger partial charge in [0.05, 0.1) is 12.2 Å². The molecule has 2 heterocycles. The number of pyridine rings is 1. The Bertz CT molecular complexity index is 504. The number of aromatic nitrogens is 3. The number of nitrogens with zero attached hydrogens (tertiary/aromatic N) is 3. The van der Waals surface area contributed by atoms with E-state index in [4.69, 9.17) is 0 Å². The lowest BCUT2D eigenvalue weighted by atomic mass is 10.0. The van der Waals surface area contributed by atoms with Crippen LogP contribution in [0, 0.1) is 6.92 Å². The van der Waals surface area contributed by atoms with Crippen LogP contribution in [0.25, 0.3) is 0 Å². The van der Waals surface area contributed by atoms with Crippen molar-refractivity contribution in [1.82, 2.24) is 20.1 Å². The summed E-state index contributed by atoms with van der Waals surface area (Å²) in [5.41, 5.74) is 3.45. The Morgan fingerprint density at radius 3 is 2.89 bits per heavy atom. The molecule has 0 saturated heterocycles. The average molecular weight is 244 g/mol. The number of nitrogens with one attached hydrogen (secondary N) is 1. The molecule has 0 spiro atoms. The van der Waals surface area contributed by atoms with E-state index in [1.54, 1.807) is 0 Å². The fourth-order valence-electron chi connectivity index (χ4n) is 2.15. The molecule has 0 amide bonds. The van der Waals surface area contributed by atoms with Crippen molar-refractivity contribution in [2.45, 2.75) is 32.9 Å². The second kappa shape index (κ2) is 5.78. The molecule has 4 heteroatoms. The molecule has 0 bridgehead atoms. The van der Waals surface area contributed by atoms with Crippen molar-refractivity contribution in [3.05, 3.63) is 47.5 Å². The summed E-state index contributed by atoms with van der Waals surface area (Å²) in [6.45, 7) is 5.13. The number of rotatable bonds is 5. The zero-order valence-electron chi connectivity index (χ0n) is 11.2. The fraction of sp³-hybridized carbons (Fsp3) is 0.429. The van der Waals surface area contributed by atoms with E-state index in [-0.39, 0.29) is 6.04 Å². The monoisotopic (exact) mass is 244 g/mol. The van der Waals surface area contributed by atoms with Gasteiger partial charge in [-0.1, -0.05) is 6.92 Å². The molecular weight excluding hydrogens is 224 g/mol. The number of hydrogen-bond acceptors (Lipinski definition) is 3. The Kier molecular flexibility index (Phi) is 4.10. The highest BCUT2D eigenvalue weighted by molar-refractivity contribution is 5.29. The van der Waals surface area contributed by atoms with Gasteiger partial charge in [-0.3, -0.25) is 9.67 Å². The molecule has 1 atom stereocenters. The third kappa shape index (κ3) is 2.76. The molecule has 0 fully saturated rings. The number of aryl methyl sites for hydroxylation is 2. The van der Waals surface area contributed by atoms with Crippen LogP contribution >= 0.6 is 0 Å². The predicted octanol–water partition coefficient (Wildman–Crippen LogP) is 2.31. The summed E-state index contributed by atoms with van der Waals surface area (Å²) in [5.74, 6) is 0. The van der Waals surface area contributed by atoms with Crippen molar-refractivity contribution in [2.75, 3.05) is 7.05 Å². The minimum absolute atomic E-state index is 0.178. The summed E-state index contributed by atoms with van der Waals surface area (Å²) >= 11 is 0. The summed E-state index contributed by atoms with van der Waals surface area (Å²) in [6.07, 6.45) is 7.00. The smallest absolute Gasteiger partial charge is 0.0606 e. The predicted molar refractivity (Wildman–Crippen MR) is 72.4 cm³/mol. The molecule has 2 aromatic rings. The molecule has 0 aliphatic rings. The summed E-state index contributed by atoms with van der Waals surface area (Å²) in [4.78, 5) is 4.24. The second-order valence-electron chi connectivity index (χ2n) is 4.49. The maximum atomic E-state index is 4.38. The number of hydrogen-bond donors (Lipinski definition) is 1. The summed E-state index contributed by atoms with van der Waals surface area (Å²) in [5, 5.41) is 7.72. The van der Waals surface area contributed by atoms with E-state index in [0.29, 0.717) is 0 Å². The van der Waals surface area contributed by atoms with Crippen LogP contribution in [0.2, 0.25) is 0 Å². The van der Waals surface area contributed by atoms with Gasteiger partial charge in [-0.05, 0) is 38.1 Å². The van der Waals surface area contributed by atoms with Crippen LogP contribution in [0.15, 0.2) is 30.7 Å². The van der Waals surface area contributed by atoms with Crippen LogP contribution < -0.4 is 5.32 Å². The van der Waals surface area contributed by atoms with Gasteiger partial charge in [0, 0.05) is 30.2 Å². The van der Waals surface area contributed by atoms with Crippen molar-refractivity contribution < 1.29 is 0 Å². The fourth-order valence-corrected chi connectivity index (χ4v) is 2.15. The van der Waals surface area contributed by atoms with Gasteiger partial charge < -0.3 is 5.32 Å². The standard InChI is InChI=1S/C14H20N4/c1-4-7-18-10-13(9-17-18)14(15-3)12-5-6-16-11(2)8-12/h5-6,8-10,14-15H,4,7H2,1-3H3. The maximum absolute atomic E-state index is 4.38. The quantitative estimate of drug-likeness (QED) is 0.877. The molecule has 1 unspecified atom stereocenters. The lowest BCUT2D eigenvalue weighted by Gasteiger charge is -2.15. The largest absolute Gasteiger partial charge is 0.309 e. The zero-order valence-corrected chi connectivity index (χ0v) is 11.2. The van der Waals surface area contributed by atoms with E-state index < -0.39 is 0 Å². The molecule has 96 valence electrons. The topological polar surface area (TPSA) is 42.7 Å². The van der Waals surface area contributed by atoms with Gasteiger partial charge in [-0.25, -0.2) is 0 Å². The highest BCUT2D eigenvalue weighted by Gasteiger charge is 2.14. The van der Waals surface area contributed by atoms with E-state index in [2.05, 4.69) is 34.6 Å². The minimum Gasteiger partial charge on any atom is -0.309 e. The first-order valence-corrected chi connectivity index (χ1v) is 6.36. The Morgan fingerprint density at radius 2 is 2.22 bits per heavy atom. The molecule has 0 aliphatic carbocycles. The lowest BCUT2D eigenvalue weighted by molar-refractivity contribution is 0.600. The highest BCUT2D eigenvalue weighted by atomic mass is 15.3. The molecule has 4 nitrogen and oxygen atoms in total. The van der Waals surface area contributed by atoms with Crippen LogP contribution in [0.3, 0.4) is 0 Å². The third-order valence-electron chi connectivity index (χ3n) is 2.98. The van der Waals surface area contributed by atoms with Gasteiger partial charge in [0.15, 0.2) is 0 Å². The third-order valence-corrected chi connectivity index (χ3v) is 2.98. The van der Waals surface area contributed by atoms with Crippen LogP contribution in [-0.2, 0) is 6.54 Å². The van der Waals surface area contributed by atoms with E-state index in [1.165, 1.54) is 11.1 Å². The van der Waals surface area contributed by atoms with Crippen LogP contribution in [0.1, 0.15) is 36.2 Å². The first-order chi connectivity index (χ1) is 8.74. The van der Waals surface area contributed by atoms with Gasteiger partial charge in [0.2, 0.25) is 0 Å². The summed E-state index contributed by atoms with van der Waals surface area (Å²) in [7, 11) is 1.97. The van der Waals surface area contributed by atoms with Gasteiger partial charge in [-0.15, -0.1) is 0 Å². The van der Waals surface area contributed by atoms with E-state index in [1.807, 2.05) is 37.1 Å². The lowest BCUT2D eigenvalue weighted by Crippen LogP contribution is -2.17. The van der Waals surface area contributed by atoms with E-state index in [9.17, 15) is 0 Å². The molecule has 0 saturated carbocycles. The van der Waals surface area contributed by atoms with Crippen molar-refractivity contribution >= 4 is 0 Å². The molecule has 0 radical (unpaired) electrons. The van der Waals surface area contributed by atoms with Crippen LogP contribution in [-0.4, -0.2) is 21.8 Å². The molecular formula is C14H20N4. The maximum Gasteiger partial charge on any atom is 0.0606 e. The molecule has 2 aromatic heterocycles. The van der Waals surface area contributed by atoms with Crippen LogP contribution in [0.5, 0.6) is 0 Å². The average Bonchev–Trinajstić information content (AvgIpc) is 2.79. The normalized spacial score (nSPS) is 12.6. The van der Waals surface area contributed by atoms with Gasteiger partial charge in [0.1, 0.15) is 0 Å². The Hall–Kier alpha value is -1.68. The van der Waals surface area contributed by atoms with Crippen molar-refractivity contribution in [1.29, 1.82) is 0 Å². The van der Waals surface area contributed by atoms with E-state index in [0.717, 1.165) is 18.7 Å². The van der Waals surface area contributed by atoms with Gasteiger partial charge in [-0.2, -0.15) is 5.10 Å². The zero-order chi connectivity index (χ0) is 13.0. The highest BCUT2D eigenvalue weighted by Crippen LogP contribution is 2.21. The van der Waals surface area contributed by atoms with Crippen molar-refractivity contribution in [3.63, 3.8) is 0 Å². The molecule has 18 heavy (non-hydrogen) atoms. The van der Waals surface area contributed by atoms with Crippen LogP contribution in [0.4, 0.5) is 0 Å². The minimum atomic E-state index is 0.178. The van der Waals surface area contributed by atoms with E-state index >= 15 is 0 Å². The first-order valence-electron chi connectivity index (χ1n) is 6.36. The SMILES string of the molecule is CCCn1cc(C(NC)c2ccnc(C)c2)cn1. The Labute approximate surface area is 108 Å². The van der Waals surface area contributed by atoms with Gasteiger partial charge in [0.25, 0.3) is 0 Å². The second-order valence-corrected chi connectivity index (χ2v) is 4.49. The van der Waals surface area contributed by atoms with Crippen molar-refractivity contribution in [3.8, 4) is 0 Å². The van der Waals surface area contributed by atoms with Gasteiger partial charge >= 0.3 is 0 Å². The molecule has 1 N–H and O–H groups in total. The molecule has 0 aromatic carbocycles. The Balaban J connectivity index is 2.27. The summed E-state index contributed by atoms with van der Waals surface area (Å²) < 4.78 is 1.99. The first kappa shape index (κ1) is 12.8.